The van der Waals surface area contributed by atoms with E-state index >= 15 is 0 Å². The SMILES string of the molecule is CCn1ncc2c1CCC[C@@H]2NCc1cc(OC)c2c(c1)OCCO2. The highest BCUT2D eigenvalue weighted by atomic mass is 16.6. The number of ether oxygens (including phenoxy) is 3. The molecule has 4 rings (SSSR count). The Morgan fingerprint density at radius 3 is 3.04 bits per heavy atom. The van der Waals surface area contributed by atoms with Crippen molar-refractivity contribution in [2.75, 3.05) is 20.3 Å². The molecule has 0 fully saturated rings. The smallest absolute Gasteiger partial charge is 0.203 e. The highest BCUT2D eigenvalue weighted by Gasteiger charge is 2.24. The van der Waals surface area contributed by atoms with Gasteiger partial charge in [-0.25, -0.2) is 0 Å². The van der Waals surface area contributed by atoms with E-state index in [0.29, 0.717) is 25.0 Å². The molecule has 0 radical (unpaired) electrons. The Morgan fingerprint density at radius 2 is 2.20 bits per heavy atom. The summed E-state index contributed by atoms with van der Waals surface area (Å²) in [5.74, 6) is 2.21. The van der Waals surface area contributed by atoms with Crippen molar-refractivity contribution in [3.63, 3.8) is 0 Å². The summed E-state index contributed by atoms with van der Waals surface area (Å²) in [5, 5.41) is 8.21. The van der Waals surface area contributed by atoms with E-state index in [-0.39, 0.29) is 0 Å². The van der Waals surface area contributed by atoms with Crippen molar-refractivity contribution in [1.29, 1.82) is 0 Å². The number of hydrogen-bond acceptors (Lipinski definition) is 5. The highest BCUT2D eigenvalue weighted by molar-refractivity contribution is 5.54. The van der Waals surface area contributed by atoms with Crippen LogP contribution >= 0.6 is 0 Å². The zero-order valence-corrected chi connectivity index (χ0v) is 14.9. The van der Waals surface area contributed by atoms with E-state index < -0.39 is 0 Å². The second-order valence-corrected chi connectivity index (χ2v) is 6.51. The Morgan fingerprint density at radius 1 is 1.32 bits per heavy atom. The maximum atomic E-state index is 5.73. The molecule has 2 aromatic rings. The molecule has 2 heterocycles. The molecule has 1 aromatic carbocycles. The van der Waals surface area contributed by atoms with Crippen molar-refractivity contribution in [2.24, 2.45) is 0 Å². The minimum atomic E-state index is 0.350. The van der Waals surface area contributed by atoms with Crippen molar-refractivity contribution in [3.8, 4) is 17.2 Å². The predicted octanol–water partition coefficient (Wildman–Crippen LogP) is 2.85. The molecule has 1 aliphatic heterocycles. The lowest BCUT2D eigenvalue weighted by atomic mass is 9.92. The zero-order chi connectivity index (χ0) is 17.2. The molecule has 0 bridgehead atoms. The molecule has 1 N–H and O–H groups in total. The van der Waals surface area contributed by atoms with Gasteiger partial charge in [-0.1, -0.05) is 0 Å². The van der Waals surface area contributed by atoms with Gasteiger partial charge in [0, 0.05) is 30.4 Å². The first-order valence-electron chi connectivity index (χ1n) is 9.04. The molecule has 1 aromatic heterocycles. The van der Waals surface area contributed by atoms with Crippen LogP contribution in [0.25, 0.3) is 0 Å². The van der Waals surface area contributed by atoms with Gasteiger partial charge in [0.2, 0.25) is 5.75 Å². The number of nitrogens with one attached hydrogen (secondary N) is 1. The second kappa shape index (κ2) is 6.96. The molecule has 0 spiro atoms. The summed E-state index contributed by atoms with van der Waals surface area (Å²) in [6.07, 6.45) is 5.49. The first kappa shape index (κ1) is 16.3. The van der Waals surface area contributed by atoms with E-state index in [9.17, 15) is 0 Å². The van der Waals surface area contributed by atoms with Gasteiger partial charge in [-0.05, 0) is 43.9 Å². The Labute approximate surface area is 148 Å². The number of hydrogen-bond donors (Lipinski definition) is 1. The van der Waals surface area contributed by atoms with Gasteiger partial charge < -0.3 is 19.5 Å². The van der Waals surface area contributed by atoms with E-state index in [0.717, 1.165) is 43.0 Å². The number of rotatable bonds is 5. The van der Waals surface area contributed by atoms with Crippen LogP contribution in [-0.4, -0.2) is 30.1 Å². The lowest BCUT2D eigenvalue weighted by Gasteiger charge is -2.25. The van der Waals surface area contributed by atoms with Crippen LogP contribution in [0.5, 0.6) is 17.2 Å². The Bertz CT molecular complexity index is 739. The molecule has 0 saturated heterocycles. The summed E-state index contributed by atoms with van der Waals surface area (Å²) in [5.41, 5.74) is 3.86. The van der Waals surface area contributed by atoms with Crippen LogP contribution < -0.4 is 19.5 Å². The summed E-state index contributed by atoms with van der Waals surface area (Å²) < 4.78 is 19.0. The molecule has 0 unspecified atom stereocenters. The van der Waals surface area contributed by atoms with Gasteiger partial charge in [-0.15, -0.1) is 0 Å². The zero-order valence-electron chi connectivity index (χ0n) is 14.9. The molecule has 1 aliphatic carbocycles. The maximum Gasteiger partial charge on any atom is 0.203 e. The fraction of sp³-hybridized carbons (Fsp3) is 0.526. The molecule has 0 saturated carbocycles. The summed E-state index contributed by atoms with van der Waals surface area (Å²) >= 11 is 0. The van der Waals surface area contributed by atoms with Gasteiger partial charge in [0.15, 0.2) is 11.5 Å². The van der Waals surface area contributed by atoms with E-state index in [1.165, 1.54) is 17.7 Å². The van der Waals surface area contributed by atoms with Crippen molar-refractivity contribution in [3.05, 3.63) is 35.2 Å². The molecule has 1 atom stereocenters. The number of aromatic nitrogens is 2. The van der Waals surface area contributed by atoms with Crippen LogP contribution in [-0.2, 0) is 19.5 Å². The van der Waals surface area contributed by atoms with Crippen molar-refractivity contribution >= 4 is 0 Å². The van der Waals surface area contributed by atoms with Gasteiger partial charge in [0.1, 0.15) is 13.2 Å². The third-order valence-corrected chi connectivity index (χ3v) is 5.00. The predicted molar refractivity (Wildman–Crippen MR) is 94.4 cm³/mol. The number of fused-ring (bicyclic) bond motifs is 2. The minimum Gasteiger partial charge on any atom is -0.493 e. The maximum absolute atomic E-state index is 5.73. The van der Waals surface area contributed by atoms with Crippen LogP contribution in [0, 0.1) is 0 Å². The Balaban J connectivity index is 1.52. The van der Waals surface area contributed by atoms with Crippen LogP contribution in [0.2, 0.25) is 0 Å². The Hall–Kier alpha value is -2.21. The normalized spacial score (nSPS) is 18.7. The van der Waals surface area contributed by atoms with E-state index in [1.807, 2.05) is 18.3 Å². The molecule has 0 amide bonds. The summed E-state index contributed by atoms with van der Waals surface area (Å²) in [7, 11) is 1.66. The van der Waals surface area contributed by atoms with Gasteiger partial charge in [0.05, 0.1) is 13.3 Å². The minimum absolute atomic E-state index is 0.350. The molecule has 6 heteroatoms. The fourth-order valence-electron chi connectivity index (χ4n) is 3.77. The fourth-order valence-corrected chi connectivity index (χ4v) is 3.77. The molecule has 2 aliphatic rings. The summed E-state index contributed by atoms with van der Waals surface area (Å²) in [6, 6.07) is 4.42. The first-order chi connectivity index (χ1) is 12.3. The van der Waals surface area contributed by atoms with E-state index in [2.05, 4.69) is 22.0 Å². The van der Waals surface area contributed by atoms with Crippen molar-refractivity contribution in [1.82, 2.24) is 15.1 Å². The Kier molecular flexibility index (Phi) is 4.53. The monoisotopic (exact) mass is 343 g/mol. The molecule has 134 valence electrons. The summed E-state index contributed by atoms with van der Waals surface area (Å²) in [4.78, 5) is 0. The van der Waals surface area contributed by atoms with E-state index in [4.69, 9.17) is 14.2 Å². The van der Waals surface area contributed by atoms with E-state index in [1.54, 1.807) is 7.11 Å². The third-order valence-electron chi connectivity index (χ3n) is 5.00. The van der Waals surface area contributed by atoms with Crippen LogP contribution in [0.15, 0.2) is 18.3 Å². The van der Waals surface area contributed by atoms with Crippen molar-refractivity contribution < 1.29 is 14.2 Å². The van der Waals surface area contributed by atoms with Gasteiger partial charge in [-0.2, -0.15) is 5.10 Å². The standard InChI is InChI=1S/C19H25N3O3/c1-3-22-16-6-4-5-15(14(16)12-21-22)20-11-13-9-17(23-2)19-18(10-13)24-7-8-25-19/h9-10,12,15,20H,3-8,11H2,1-2H3/t15-/m0/s1. The third kappa shape index (κ3) is 3.06. The van der Waals surface area contributed by atoms with Gasteiger partial charge in [0.25, 0.3) is 0 Å². The second-order valence-electron chi connectivity index (χ2n) is 6.51. The topological polar surface area (TPSA) is 57.5 Å². The highest BCUT2D eigenvalue weighted by Crippen LogP contribution is 2.40. The lowest BCUT2D eigenvalue weighted by Crippen LogP contribution is -2.25. The number of aryl methyl sites for hydroxylation is 1. The van der Waals surface area contributed by atoms with Crippen LogP contribution in [0.1, 0.15) is 42.6 Å². The average molecular weight is 343 g/mol. The summed E-state index contributed by atoms with van der Waals surface area (Å²) in [6.45, 7) is 4.98. The first-order valence-corrected chi connectivity index (χ1v) is 9.04. The molecular weight excluding hydrogens is 318 g/mol. The molecular formula is C19H25N3O3. The quantitative estimate of drug-likeness (QED) is 0.905. The number of benzene rings is 1. The average Bonchev–Trinajstić information content (AvgIpc) is 3.09. The lowest BCUT2D eigenvalue weighted by molar-refractivity contribution is 0.165. The van der Waals surface area contributed by atoms with Crippen molar-refractivity contribution in [2.45, 2.75) is 45.3 Å². The van der Waals surface area contributed by atoms with Gasteiger partial charge >= 0.3 is 0 Å². The largest absolute Gasteiger partial charge is 0.493 e. The number of methoxy groups -OCH3 is 1. The number of nitrogens with zero attached hydrogens (tertiary/aromatic N) is 2. The molecule has 25 heavy (non-hydrogen) atoms. The van der Waals surface area contributed by atoms with Gasteiger partial charge in [-0.3, -0.25) is 4.68 Å². The van der Waals surface area contributed by atoms with Crippen LogP contribution in [0.3, 0.4) is 0 Å². The molecule has 6 nitrogen and oxygen atoms in total. The van der Waals surface area contributed by atoms with Crippen LogP contribution in [0.4, 0.5) is 0 Å².